The van der Waals surface area contributed by atoms with Crippen LogP contribution in [-0.4, -0.2) is 16.0 Å². The van der Waals surface area contributed by atoms with E-state index in [-0.39, 0.29) is 11.4 Å². The van der Waals surface area contributed by atoms with Crippen molar-refractivity contribution in [1.29, 1.82) is 0 Å². The number of rotatable bonds is 4. The number of nitrogens with one attached hydrogen (secondary N) is 1. The molecular formula is C18H26N2O. The molecular weight excluding hydrogens is 260 g/mol. The number of carbonyl (C=O) groups excluding carboxylic acids is 1. The molecule has 0 saturated heterocycles. The van der Waals surface area contributed by atoms with Crippen molar-refractivity contribution in [1.82, 2.24) is 9.88 Å². The molecule has 0 unspecified atom stereocenters. The number of fused-ring (bicyclic) bond motifs is 1. The monoisotopic (exact) mass is 286 g/mol. The summed E-state index contributed by atoms with van der Waals surface area (Å²) in [5, 5.41) is 4.27. The Labute approximate surface area is 127 Å². The van der Waals surface area contributed by atoms with Crippen LogP contribution >= 0.6 is 0 Å². The normalized spacial score (nSPS) is 11.9. The topological polar surface area (TPSA) is 34.0 Å². The molecule has 0 spiro atoms. The van der Waals surface area contributed by atoms with Gasteiger partial charge in [0.1, 0.15) is 5.69 Å². The minimum Gasteiger partial charge on any atom is -0.346 e. The van der Waals surface area contributed by atoms with Crippen molar-refractivity contribution >= 4 is 16.8 Å². The third-order valence-electron chi connectivity index (χ3n) is 3.66. The highest BCUT2D eigenvalue weighted by Crippen LogP contribution is 2.26. The van der Waals surface area contributed by atoms with E-state index in [4.69, 9.17) is 0 Å². The van der Waals surface area contributed by atoms with E-state index in [1.165, 1.54) is 5.39 Å². The fourth-order valence-electron chi connectivity index (χ4n) is 2.72. The maximum Gasteiger partial charge on any atom is 0.268 e. The Kier molecular flexibility index (Phi) is 4.40. The summed E-state index contributed by atoms with van der Waals surface area (Å²) in [6.07, 6.45) is 2.19. The first kappa shape index (κ1) is 15.6. The lowest BCUT2D eigenvalue weighted by Crippen LogP contribution is -2.41. The summed E-state index contributed by atoms with van der Waals surface area (Å²) in [5.41, 5.74) is 2.81. The standard InChI is InChI=1S/C18H26N2O/c1-6-7-12-20-15-11-9-8-10-14(15)13(2)16(20)17(21)19-18(3,4)5/h8-11H,6-7,12H2,1-5H3,(H,19,21). The second-order valence-corrected chi connectivity index (χ2v) is 6.70. The second-order valence-electron chi connectivity index (χ2n) is 6.70. The van der Waals surface area contributed by atoms with Crippen LogP contribution in [0.3, 0.4) is 0 Å². The van der Waals surface area contributed by atoms with Gasteiger partial charge in [0.15, 0.2) is 0 Å². The molecule has 0 aliphatic carbocycles. The molecule has 1 heterocycles. The summed E-state index contributed by atoms with van der Waals surface area (Å²) in [6.45, 7) is 11.1. The highest BCUT2D eigenvalue weighted by molar-refractivity contribution is 6.01. The van der Waals surface area contributed by atoms with Gasteiger partial charge in [0.2, 0.25) is 0 Å². The van der Waals surface area contributed by atoms with Crippen LogP contribution in [0.15, 0.2) is 24.3 Å². The summed E-state index contributed by atoms with van der Waals surface area (Å²) in [4.78, 5) is 12.7. The predicted molar refractivity (Wildman–Crippen MR) is 88.8 cm³/mol. The summed E-state index contributed by atoms with van der Waals surface area (Å²) >= 11 is 0. The average Bonchev–Trinajstić information content (AvgIpc) is 2.68. The van der Waals surface area contributed by atoms with E-state index < -0.39 is 0 Å². The highest BCUT2D eigenvalue weighted by Gasteiger charge is 2.23. The number of unbranched alkanes of at least 4 members (excludes halogenated alkanes) is 1. The molecule has 2 rings (SSSR count). The SMILES string of the molecule is CCCCn1c(C(=O)NC(C)(C)C)c(C)c2ccccc21. The number of aromatic nitrogens is 1. The van der Waals surface area contributed by atoms with Gasteiger partial charge in [-0.05, 0) is 45.7 Å². The molecule has 21 heavy (non-hydrogen) atoms. The van der Waals surface area contributed by atoms with E-state index in [2.05, 4.69) is 28.9 Å². The van der Waals surface area contributed by atoms with Crippen molar-refractivity contribution < 1.29 is 4.79 Å². The Morgan fingerprint density at radius 3 is 2.52 bits per heavy atom. The van der Waals surface area contributed by atoms with Crippen molar-refractivity contribution in [3.8, 4) is 0 Å². The lowest BCUT2D eigenvalue weighted by atomic mass is 10.1. The Morgan fingerprint density at radius 2 is 1.90 bits per heavy atom. The molecule has 1 aromatic heterocycles. The van der Waals surface area contributed by atoms with Gasteiger partial charge in [0, 0.05) is 23.0 Å². The molecule has 0 bridgehead atoms. The first-order valence-corrected chi connectivity index (χ1v) is 7.75. The molecule has 0 aliphatic rings. The number of carbonyl (C=O) groups is 1. The summed E-state index contributed by atoms with van der Waals surface area (Å²) in [7, 11) is 0. The van der Waals surface area contributed by atoms with Gasteiger partial charge in [0.25, 0.3) is 5.91 Å². The largest absolute Gasteiger partial charge is 0.346 e. The molecule has 0 atom stereocenters. The summed E-state index contributed by atoms with van der Waals surface area (Å²) in [6, 6.07) is 8.27. The zero-order valence-electron chi connectivity index (χ0n) is 13.8. The Bertz CT molecular complexity index is 647. The zero-order valence-corrected chi connectivity index (χ0v) is 13.8. The smallest absolute Gasteiger partial charge is 0.268 e. The maximum absolute atomic E-state index is 12.7. The number of aryl methyl sites for hydroxylation is 2. The number of hydrogen-bond donors (Lipinski definition) is 1. The maximum atomic E-state index is 12.7. The van der Waals surface area contributed by atoms with Gasteiger partial charge in [-0.15, -0.1) is 0 Å². The van der Waals surface area contributed by atoms with Crippen LogP contribution in [0.1, 0.15) is 56.6 Å². The first-order chi connectivity index (χ1) is 9.85. The van der Waals surface area contributed by atoms with Crippen LogP contribution in [0, 0.1) is 6.92 Å². The van der Waals surface area contributed by atoms with E-state index in [0.717, 1.165) is 36.2 Å². The first-order valence-electron chi connectivity index (χ1n) is 7.75. The number of benzene rings is 1. The molecule has 0 aliphatic heterocycles. The van der Waals surface area contributed by atoms with Crippen molar-refractivity contribution in [2.75, 3.05) is 0 Å². The number of nitrogens with zero attached hydrogens (tertiary/aromatic N) is 1. The van der Waals surface area contributed by atoms with Crippen LogP contribution in [-0.2, 0) is 6.54 Å². The Morgan fingerprint density at radius 1 is 1.24 bits per heavy atom. The fourth-order valence-corrected chi connectivity index (χ4v) is 2.72. The molecule has 3 heteroatoms. The van der Waals surface area contributed by atoms with Crippen LogP contribution in [0.25, 0.3) is 10.9 Å². The quantitative estimate of drug-likeness (QED) is 0.894. The van der Waals surface area contributed by atoms with E-state index in [9.17, 15) is 4.79 Å². The van der Waals surface area contributed by atoms with Gasteiger partial charge in [-0.3, -0.25) is 4.79 Å². The summed E-state index contributed by atoms with van der Waals surface area (Å²) in [5.74, 6) is 0.0207. The second kappa shape index (κ2) is 5.92. The fraction of sp³-hybridized carbons (Fsp3) is 0.500. The third-order valence-corrected chi connectivity index (χ3v) is 3.66. The van der Waals surface area contributed by atoms with Crippen LogP contribution < -0.4 is 5.32 Å². The number of hydrogen-bond acceptors (Lipinski definition) is 1. The van der Waals surface area contributed by atoms with Crippen molar-refractivity contribution in [3.05, 3.63) is 35.5 Å². The predicted octanol–water partition coefficient (Wildman–Crippen LogP) is 4.28. The molecule has 0 saturated carbocycles. The van der Waals surface area contributed by atoms with Crippen molar-refractivity contribution in [2.24, 2.45) is 0 Å². The van der Waals surface area contributed by atoms with Crippen LogP contribution in [0.4, 0.5) is 0 Å². The highest BCUT2D eigenvalue weighted by atomic mass is 16.2. The minimum atomic E-state index is -0.227. The van der Waals surface area contributed by atoms with E-state index in [1.54, 1.807) is 0 Å². The molecule has 1 aromatic carbocycles. The zero-order chi connectivity index (χ0) is 15.6. The van der Waals surface area contributed by atoms with Gasteiger partial charge in [-0.1, -0.05) is 31.5 Å². The number of para-hydroxylation sites is 1. The van der Waals surface area contributed by atoms with Gasteiger partial charge >= 0.3 is 0 Å². The molecule has 3 nitrogen and oxygen atoms in total. The van der Waals surface area contributed by atoms with Gasteiger partial charge in [0.05, 0.1) is 0 Å². The molecule has 1 N–H and O–H groups in total. The minimum absolute atomic E-state index is 0.0207. The van der Waals surface area contributed by atoms with Crippen LogP contribution in [0.2, 0.25) is 0 Å². The summed E-state index contributed by atoms with van der Waals surface area (Å²) < 4.78 is 2.18. The molecule has 0 fully saturated rings. The average molecular weight is 286 g/mol. The Hall–Kier alpha value is -1.77. The van der Waals surface area contributed by atoms with Crippen molar-refractivity contribution in [3.63, 3.8) is 0 Å². The number of amides is 1. The Balaban J connectivity index is 2.54. The van der Waals surface area contributed by atoms with Gasteiger partial charge in [-0.25, -0.2) is 0 Å². The lowest BCUT2D eigenvalue weighted by molar-refractivity contribution is 0.0909. The van der Waals surface area contributed by atoms with E-state index in [0.29, 0.717) is 0 Å². The van der Waals surface area contributed by atoms with E-state index in [1.807, 2.05) is 39.8 Å². The molecule has 0 radical (unpaired) electrons. The van der Waals surface area contributed by atoms with E-state index >= 15 is 0 Å². The third kappa shape index (κ3) is 3.29. The van der Waals surface area contributed by atoms with Gasteiger partial charge < -0.3 is 9.88 Å². The molecule has 2 aromatic rings. The van der Waals surface area contributed by atoms with Crippen molar-refractivity contribution in [2.45, 2.75) is 59.5 Å². The van der Waals surface area contributed by atoms with Gasteiger partial charge in [-0.2, -0.15) is 0 Å². The lowest BCUT2D eigenvalue weighted by Gasteiger charge is -2.21. The van der Waals surface area contributed by atoms with Crippen LogP contribution in [0.5, 0.6) is 0 Å². The molecule has 114 valence electrons. The molecule has 1 amide bonds.